The van der Waals surface area contributed by atoms with Gasteiger partial charge in [-0.05, 0) is 42.0 Å². The molecule has 0 atom stereocenters. The number of aromatic nitrogens is 3. The summed E-state index contributed by atoms with van der Waals surface area (Å²) in [6.07, 6.45) is 4.43. The fraction of sp³-hybridized carbons (Fsp3) is 0.0476. The van der Waals surface area contributed by atoms with Crippen molar-refractivity contribution in [3.8, 4) is 22.8 Å². The molecule has 10 heteroatoms. The van der Waals surface area contributed by atoms with E-state index in [1.807, 2.05) is 46.3 Å². The van der Waals surface area contributed by atoms with Gasteiger partial charge in [-0.2, -0.15) is 0 Å². The van der Waals surface area contributed by atoms with E-state index in [0.29, 0.717) is 14.8 Å². The number of amides is 1. The van der Waals surface area contributed by atoms with Gasteiger partial charge >= 0.3 is 0 Å². The highest BCUT2D eigenvalue weighted by Crippen LogP contribution is 2.25. The Morgan fingerprint density at radius 2 is 1.77 bits per heavy atom. The SMILES string of the molecule is O=C(COc1cnccn1)N/N=c1\scc(-c2ccc(Cl)cc2)n1-c1ccc(Cl)cc1. The molecule has 0 spiro atoms. The smallest absolute Gasteiger partial charge is 0.278 e. The van der Waals surface area contributed by atoms with Crippen molar-refractivity contribution in [1.29, 1.82) is 0 Å². The van der Waals surface area contributed by atoms with Gasteiger partial charge in [0.05, 0.1) is 11.9 Å². The van der Waals surface area contributed by atoms with E-state index in [1.54, 1.807) is 12.1 Å². The van der Waals surface area contributed by atoms with Crippen LogP contribution in [0.4, 0.5) is 0 Å². The van der Waals surface area contributed by atoms with Crippen LogP contribution in [-0.2, 0) is 4.79 Å². The minimum absolute atomic E-state index is 0.238. The van der Waals surface area contributed by atoms with Gasteiger partial charge in [-0.3, -0.25) is 14.3 Å². The number of hydrogen-bond acceptors (Lipinski definition) is 6. The van der Waals surface area contributed by atoms with Crippen LogP contribution in [0, 0.1) is 0 Å². The Kier molecular flexibility index (Phi) is 6.61. The van der Waals surface area contributed by atoms with E-state index in [9.17, 15) is 4.79 Å². The highest BCUT2D eigenvalue weighted by Gasteiger charge is 2.11. The molecule has 0 radical (unpaired) electrons. The zero-order valence-corrected chi connectivity index (χ0v) is 18.2. The van der Waals surface area contributed by atoms with E-state index in [1.165, 1.54) is 29.9 Å². The molecule has 0 saturated carbocycles. The first-order valence-corrected chi connectivity index (χ1v) is 10.7. The van der Waals surface area contributed by atoms with Crippen LogP contribution in [0.1, 0.15) is 0 Å². The maximum atomic E-state index is 12.2. The molecule has 4 aromatic rings. The summed E-state index contributed by atoms with van der Waals surface area (Å²) in [6.45, 7) is -0.238. The lowest BCUT2D eigenvalue weighted by Crippen LogP contribution is -2.28. The van der Waals surface area contributed by atoms with Gasteiger partial charge in [0.1, 0.15) is 0 Å². The minimum atomic E-state index is -0.422. The largest absolute Gasteiger partial charge is 0.466 e. The second kappa shape index (κ2) is 9.74. The van der Waals surface area contributed by atoms with E-state index in [2.05, 4.69) is 20.5 Å². The van der Waals surface area contributed by atoms with E-state index in [0.717, 1.165) is 16.9 Å². The van der Waals surface area contributed by atoms with Crippen molar-refractivity contribution in [2.45, 2.75) is 0 Å². The van der Waals surface area contributed by atoms with Crippen molar-refractivity contribution in [3.05, 3.63) is 87.3 Å². The van der Waals surface area contributed by atoms with Crippen molar-refractivity contribution in [3.63, 3.8) is 0 Å². The summed E-state index contributed by atoms with van der Waals surface area (Å²) in [5.41, 5.74) is 5.22. The van der Waals surface area contributed by atoms with Gasteiger partial charge in [-0.1, -0.05) is 35.3 Å². The Bertz CT molecular complexity index is 1240. The average Bonchev–Trinajstić information content (AvgIpc) is 3.22. The topological polar surface area (TPSA) is 81.4 Å². The molecule has 0 aliphatic rings. The number of hydrogen-bond donors (Lipinski definition) is 1. The molecular formula is C21H15Cl2N5O2S. The maximum absolute atomic E-state index is 12.2. The van der Waals surface area contributed by atoms with Crippen molar-refractivity contribution in [2.24, 2.45) is 5.10 Å². The number of ether oxygens (including phenoxy) is 1. The monoisotopic (exact) mass is 471 g/mol. The number of nitrogens with one attached hydrogen (secondary N) is 1. The van der Waals surface area contributed by atoms with Gasteiger partial charge in [-0.25, -0.2) is 10.4 Å². The Balaban J connectivity index is 1.63. The molecular weight excluding hydrogens is 457 g/mol. The first-order chi connectivity index (χ1) is 15.1. The lowest BCUT2D eigenvalue weighted by Gasteiger charge is -2.10. The quantitative estimate of drug-likeness (QED) is 0.424. The van der Waals surface area contributed by atoms with Gasteiger partial charge in [0, 0.05) is 33.5 Å². The molecule has 0 saturated heterocycles. The molecule has 1 N–H and O–H groups in total. The maximum Gasteiger partial charge on any atom is 0.278 e. The number of nitrogens with zero attached hydrogens (tertiary/aromatic N) is 4. The van der Waals surface area contributed by atoms with Crippen LogP contribution >= 0.6 is 34.5 Å². The van der Waals surface area contributed by atoms with Crippen LogP contribution in [0.2, 0.25) is 10.0 Å². The molecule has 0 unspecified atom stereocenters. The molecule has 0 fully saturated rings. The van der Waals surface area contributed by atoms with Gasteiger partial charge < -0.3 is 4.74 Å². The molecule has 156 valence electrons. The Hall–Kier alpha value is -3.20. The number of halogens is 2. The number of carbonyl (C=O) groups excluding carboxylic acids is 1. The molecule has 2 aromatic carbocycles. The van der Waals surface area contributed by atoms with Crippen molar-refractivity contribution in [2.75, 3.05) is 6.61 Å². The van der Waals surface area contributed by atoms with Gasteiger partial charge in [-0.15, -0.1) is 16.4 Å². The summed E-state index contributed by atoms with van der Waals surface area (Å²) < 4.78 is 7.22. The van der Waals surface area contributed by atoms with Crippen LogP contribution in [0.15, 0.2) is 77.6 Å². The number of carbonyl (C=O) groups is 1. The second-order valence-corrected chi connectivity index (χ2v) is 7.91. The van der Waals surface area contributed by atoms with E-state index >= 15 is 0 Å². The van der Waals surface area contributed by atoms with Crippen LogP contribution in [0.25, 0.3) is 16.9 Å². The summed E-state index contributed by atoms with van der Waals surface area (Å²) in [7, 11) is 0. The Labute approximate surface area is 191 Å². The number of benzene rings is 2. The third kappa shape index (κ3) is 5.29. The molecule has 7 nitrogen and oxygen atoms in total. The summed E-state index contributed by atoms with van der Waals surface area (Å²) in [5, 5.41) is 7.52. The van der Waals surface area contributed by atoms with Crippen LogP contribution in [0.3, 0.4) is 0 Å². The first kappa shape index (κ1) is 21.0. The van der Waals surface area contributed by atoms with E-state index < -0.39 is 5.91 Å². The summed E-state index contributed by atoms with van der Waals surface area (Å²) in [6, 6.07) is 14.8. The van der Waals surface area contributed by atoms with Crippen molar-refractivity contribution in [1.82, 2.24) is 20.0 Å². The molecule has 31 heavy (non-hydrogen) atoms. The Morgan fingerprint density at radius 3 is 2.45 bits per heavy atom. The van der Waals surface area contributed by atoms with Crippen LogP contribution in [0.5, 0.6) is 5.88 Å². The van der Waals surface area contributed by atoms with Crippen LogP contribution in [-0.4, -0.2) is 27.0 Å². The lowest BCUT2D eigenvalue weighted by atomic mass is 10.1. The van der Waals surface area contributed by atoms with Gasteiger partial charge in [0.2, 0.25) is 10.7 Å². The number of thiazole rings is 1. The third-order valence-corrected chi connectivity index (χ3v) is 5.43. The van der Waals surface area contributed by atoms with Crippen molar-refractivity contribution >= 4 is 40.4 Å². The molecule has 0 bridgehead atoms. The minimum Gasteiger partial charge on any atom is -0.466 e. The fourth-order valence-corrected chi connectivity index (χ4v) is 3.81. The molecule has 0 aliphatic heterocycles. The highest BCUT2D eigenvalue weighted by molar-refractivity contribution is 7.07. The second-order valence-electron chi connectivity index (χ2n) is 6.20. The molecule has 4 rings (SSSR count). The highest BCUT2D eigenvalue weighted by atomic mass is 35.5. The normalized spacial score (nSPS) is 11.4. The third-order valence-electron chi connectivity index (χ3n) is 4.10. The standard InChI is InChI=1S/C21H15Cl2N5O2S/c22-15-3-1-14(2-4-15)18-13-31-21(28(18)17-7-5-16(23)6-8-17)27-26-19(29)12-30-20-11-24-9-10-25-20/h1-11,13H,12H2,(H,26,29)/b27-21-. The zero-order chi connectivity index (χ0) is 21.6. The van der Waals surface area contributed by atoms with E-state index in [4.69, 9.17) is 27.9 Å². The first-order valence-electron chi connectivity index (χ1n) is 9.04. The Morgan fingerprint density at radius 1 is 1.06 bits per heavy atom. The van der Waals surface area contributed by atoms with Gasteiger partial charge in [0.15, 0.2) is 6.61 Å². The molecule has 2 aromatic heterocycles. The molecule has 1 amide bonds. The van der Waals surface area contributed by atoms with Gasteiger partial charge in [0.25, 0.3) is 5.91 Å². The van der Waals surface area contributed by atoms with E-state index in [-0.39, 0.29) is 12.5 Å². The predicted molar refractivity (Wildman–Crippen MR) is 120 cm³/mol. The van der Waals surface area contributed by atoms with Crippen molar-refractivity contribution < 1.29 is 9.53 Å². The summed E-state index contributed by atoms with van der Waals surface area (Å²) in [5.74, 6) is -0.162. The fourth-order valence-electron chi connectivity index (χ4n) is 2.69. The molecule has 0 aliphatic carbocycles. The van der Waals surface area contributed by atoms with Crippen LogP contribution < -0.4 is 15.0 Å². The predicted octanol–water partition coefficient (Wildman–Crippen LogP) is 4.31. The average molecular weight is 472 g/mol. The molecule has 2 heterocycles. The zero-order valence-electron chi connectivity index (χ0n) is 15.9. The summed E-state index contributed by atoms with van der Waals surface area (Å²) >= 11 is 13.5. The summed E-state index contributed by atoms with van der Waals surface area (Å²) in [4.78, 5) is 20.6. The number of rotatable bonds is 6. The lowest BCUT2D eigenvalue weighted by molar-refractivity contribution is -0.123.